The van der Waals surface area contributed by atoms with Crippen LogP contribution in [0.1, 0.15) is 22.3 Å². The molecule has 0 aliphatic carbocycles. The minimum absolute atomic E-state index is 0.554. The van der Waals surface area contributed by atoms with Crippen molar-refractivity contribution in [1.82, 2.24) is 0 Å². The number of ether oxygens (including phenoxy) is 2. The monoisotopic (exact) mass is 300 g/mol. The van der Waals surface area contributed by atoms with E-state index in [0.717, 1.165) is 22.3 Å². The lowest BCUT2D eigenvalue weighted by atomic mass is 10.1. The third-order valence-electron chi connectivity index (χ3n) is 3.36. The molecule has 0 amide bonds. The van der Waals surface area contributed by atoms with Crippen molar-refractivity contribution in [2.24, 2.45) is 11.5 Å². The molecule has 0 saturated heterocycles. The molecule has 0 atom stereocenters. The van der Waals surface area contributed by atoms with Gasteiger partial charge in [0.2, 0.25) is 0 Å². The molecule has 0 bridgehead atoms. The summed E-state index contributed by atoms with van der Waals surface area (Å²) >= 11 is 0. The van der Waals surface area contributed by atoms with Crippen LogP contribution in [0.15, 0.2) is 48.5 Å². The average Bonchev–Trinajstić information content (AvgIpc) is 2.58. The number of rotatable bonds is 9. The third-order valence-corrected chi connectivity index (χ3v) is 3.36. The first-order chi connectivity index (χ1) is 10.8. The van der Waals surface area contributed by atoms with Gasteiger partial charge in [-0.3, -0.25) is 0 Å². The zero-order chi connectivity index (χ0) is 15.6. The summed E-state index contributed by atoms with van der Waals surface area (Å²) in [4.78, 5) is 0. The van der Waals surface area contributed by atoms with Gasteiger partial charge in [-0.2, -0.15) is 0 Å². The van der Waals surface area contributed by atoms with Gasteiger partial charge in [-0.25, -0.2) is 0 Å². The maximum absolute atomic E-state index is 5.62. The summed E-state index contributed by atoms with van der Waals surface area (Å²) in [5.41, 5.74) is 15.8. The van der Waals surface area contributed by atoms with Crippen LogP contribution in [0.2, 0.25) is 0 Å². The second kappa shape index (κ2) is 9.33. The zero-order valence-corrected chi connectivity index (χ0v) is 12.8. The topological polar surface area (TPSA) is 70.5 Å². The van der Waals surface area contributed by atoms with Crippen LogP contribution in [0.25, 0.3) is 0 Å². The lowest BCUT2D eigenvalue weighted by Gasteiger charge is -2.08. The summed E-state index contributed by atoms with van der Waals surface area (Å²) in [6.45, 7) is 3.42. The van der Waals surface area contributed by atoms with E-state index >= 15 is 0 Å². The Morgan fingerprint density at radius 1 is 0.636 bits per heavy atom. The van der Waals surface area contributed by atoms with Crippen molar-refractivity contribution < 1.29 is 9.47 Å². The fraction of sp³-hybridized carbons (Fsp3) is 0.333. The van der Waals surface area contributed by atoms with Crippen LogP contribution in [0.5, 0.6) is 0 Å². The van der Waals surface area contributed by atoms with Crippen LogP contribution in [-0.2, 0) is 35.8 Å². The van der Waals surface area contributed by atoms with Crippen LogP contribution >= 0.6 is 0 Å². The minimum Gasteiger partial charge on any atom is -0.374 e. The summed E-state index contributed by atoms with van der Waals surface area (Å²) in [6, 6.07) is 16.3. The second-order valence-corrected chi connectivity index (χ2v) is 5.15. The standard InChI is InChI=1S/C18H24N2O2/c19-11-15-3-1-5-17(9-15)13-21-7-8-22-14-18-6-2-4-16(10-18)12-20/h1-6,9-10H,7-8,11-14,19-20H2. The van der Waals surface area contributed by atoms with Crippen LogP contribution in [0.3, 0.4) is 0 Å². The van der Waals surface area contributed by atoms with Gasteiger partial charge in [0.05, 0.1) is 26.4 Å². The molecular weight excluding hydrogens is 276 g/mol. The number of nitrogens with two attached hydrogens (primary N) is 2. The molecule has 0 radical (unpaired) electrons. The van der Waals surface area contributed by atoms with Gasteiger partial charge in [0.25, 0.3) is 0 Å². The van der Waals surface area contributed by atoms with Crippen LogP contribution < -0.4 is 11.5 Å². The number of hydrogen-bond donors (Lipinski definition) is 2. The molecule has 0 aromatic heterocycles. The summed E-state index contributed by atoms with van der Waals surface area (Å²) in [5.74, 6) is 0. The van der Waals surface area contributed by atoms with Gasteiger partial charge in [-0.15, -0.1) is 0 Å². The van der Waals surface area contributed by atoms with Gasteiger partial charge in [0, 0.05) is 13.1 Å². The molecule has 0 heterocycles. The minimum atomic E-state index is 0.554. The first-order valence-electron chi connectivity index (χ1n) is 7.53. The lowest BCUT2D eigenvalue weighted by Crippen LogP contribution is -2.05. The van der Waals surface area contributed by atoms with Crippen molar-refractivity contribution in [2.45, 2.75) is 26.3 Å². The Morgan fingerprint density at radius 2 is 1.05 bits per heavy atom. The van der Waals surface area contributed by atoms with E-state index in [0.29, 0.717) is 39.5 Å². The fourth-order valence-corrected chi connectivity index (χ4v) is 2.19. The summed E-state index contributed by atoms with van der Waals surface area (Å²) in [7, 11) is 0. The predicted molar refractivity (Wildman–Crippen MR) is 88.0 cm³/mol. The highest BCUT2D eigenvalue weighted by Gasteiger charge is 1.97. The Kier molecular flexibility index (Phi) is 7.06. The molecule has 4 heteroatoms. The van der Waals surface area contributed by atoms with Crippen molar-refractivity contribution in [3.63, 3.8) is 0 Å². The Hall–Kier alpha value is -1.72. The van der Waals surface area contributed by atoms with E-state index < -0.39 is 0 Å². The van der Waals surface area contributed by atoms with Crippen molar-refractivity contribution in [1.29, 1.82) is 0 Å². The van der Waals surface area contributed by atoms with E-state index in [1.165, 1.54) is 0 Å². The molecule has 2 aromatic carbocycles. The van der Waals surface area contributed by atoms with Gasteiger partial charge < -0.3 is 20.9 Å². The molecule has 0 aliphatic heterocycles. The molecule has 22 heavy (non-hydrogen) atoms. The molecular formula is C18H24N2O2. The Labute approximate surface area is 132 Å². The molecule has 4 nitrogen and oxygen atoms in total. The van der Waals surface area contributed by atoms with Crippen molar-refractivity contribution in [3.8, 4) is 0 Å². The van der Waals surface area contributed by atoms with Gasteiger partial charge in [-0.1, -0.05) is 48.5 Å². The highest BCUT2D eigenvalue weighted by atomic mass is 16.5. The fourth-order valence-electron chi connectivity index (χ4n) is 2.19. The van der Waals surface area contributed by atoms with Gasteiger partial charge in [0.1, 0.15) is 0 Å². The van der Waals surface area contributed by atoms with Crippen molar-refractivity contribution in [2.75, 3.05) is 13.2 Å². The van der Waals surface area contributed by atoms with Gasteiger partial charge in [0.15, 0.2) is 0 Å². The molecule has 0 unspecified atom stereocenters. The molecule has 2 aromatic rings. The zero-order valence-electron chi connectivity index (χ0n) is 12.8. The smallest absolute Gasteiger partial charge is 0.0718 e. The van der Waals surface area contributed by atoms with E-state index in [9.17, 15) is 0 Å². The van der Waals surface area contributed by atoms with E-state index in [1.54, 1.807) is 0 Å². The second-order valence-electron chi connectivity index (χ2n) is 5.15. The Bertz CT molecular complexity index is 521. The summed E-state index contributed by atoms with van der Waals surface area (Å²) < 4.78 is 11.2. The maximum atomic E-state index is 5.62. The maximum Gasteiger partial charge on any atom is 0.0718 e. The molecule has 0 aliphatic rings. The van der Waals surface area contributed by atoms with E-state index in [-0.39, 0.29) is 0 Å². The highest BCUT2D eigenvalue weighted by molar-refractivity contribution is 5.23. The lowest BCUT2D eigenvalue weighted by molar-refractivity contribution is 0.0338. The van der Waals surface area contributed by atoms with E-state index in [4.69, 9.17) is 20.9 Å². The number of hydrogen-bond acceptors (Lipinski definition) is 4. The van der Waals surface area contributed by atoms with Crippen LogP contribution in [0, 0.1) is 0 Å². The van der Waals surface area contributed by atoms with Crippen LogP contribution in [-0.4, -0.2) is 13.2 Å². The normalized spacial score (nSPS) is 10.8. The molecule has 118 valence electrons. The molecule has 0 spiro atoms. The molecule has 2 rings (SSSR count). The average molecular weight is 300 g/mol. The quantitative estimate of drug-likeness (QED) is 0.697. The number of benzene rings is 2. The first-order valence-corrected chi connectivity index (χ1v) is 7.53. The van der Waals surface area contributed by atoms with Crippen molar-refractivity contribution >= 4 is 0 Å². The SMILES string of the molecule is NCc1cccc(COCCOCc2cccc(CN)c2)c1. The van der Waals surface area contributed by atoms with Crippen LogP contribution in [0.4, 0.5) is 0 Å². The molecule has 0 fully saturated rings. The van der Waals surface area contributed by atoms with Gasteiger partial charge in [-0.05, 0) is 22.3 Å². The van der Waals surface area contributed by atoms with Crippen molar-refractivity contribution in [3.05, 3.63) is 70.8 Å². The first kappa shape index (κ1) is 16.6. The largest absolute Gasteiger partial charge is 0.374 e. The van der Waals surface area contributed by atoms with E-state index in [1.807, 2.05) is 36.4 Å². The molecule has 0 saturated carbocycles. The van der Waals surface area contributed by atoms with E-state index in [2.05, 4.69) is 12.1 Å². The summed E-state index contributed by atoms with van der Waals surface area (Å²) in [5, 5.41) is 0. The predicted octanol–water partition coefficient (Wildman–Crippen LogP) is 2.34. The van der Waals surface area contributed by atoms with Gasteiger partial charge >= 0.3 is 0 Å². The highest BCUT2D eigenvalue weighted by Crippen LogP contribution is 2.07. The molecule has 4 N–H and O–H groups in total. The third kappa shape index (κ3) is 5.58. The Morgan fingerprint density at radius 3 is 1.45 bits per heavy atom. The summed E-state index contributed by atoms with van der Waals surface area (Å²) in [6.07, 6.45) is 0. The Balaban J connectivity index is 1.62.